The number of carbonyl (C=O) groups excluding carboxylic acids is 2. The summed E-state index contributed by atoms with van der Waals surface area (Å²) >= 11 is 5.56. The van der Waals surface area contributed by atoms with Gasteiger partial charge in [0.25, 0.3) is 0 Å². The number of amides is 2. The van der Waals surface area contributed by atoms with Crippen molar-refractivity contribution in [2.24, 2.45) is 5.10 Å². The summed E-state index contributed by atoms with van der Waals surface area (Å²) < 4.78 is 17.9. The second-order valence-corrected chi connectivity index (χ2v) is 4.20. The number of hydrogen-bond donors (Lipinski definition) is 2. The van der Waals surface area contributed by atoms with Crippen molar-refractivity contribution >= 4 is 35.3 Å². The van der Waals surface area contributed by atoms with E-state index in [1.165, 1.54) is 24.6 Å². The van der Waals surface area contributed by atoms with Crippen LogP contribution in [0, 0.1) is 5.82 Å². The average molecular weight is 310 g/mol. The average Bonchev–Trinajstić information content (AvgIpc) is 2.96. The van der Waals surface area contributed by atoms with Crippen molar-refractivity contribution in [1.82, 2.24) is 5.43 Å². The van der Waals surface area contributed by atoms with E-state index in [-0.39, 0.29) is 10.7 Å². The maximum atomic E-state index is 12.9. The third-order valence-corrected chi connectivity index (χ3v) is 2.57. The summed E-state index contributed by atoms with van der Waals surface area (Å²) in [6.07, 6.45) is 2.67. The Bertz CT molecular complexity index is 686. The first-order chi connectivity index (χ1) is 10.1. The molecule has 0 unspecified atom stereocenters. The SMILES string of the molecule is O=C(N/N=C\c1ccco1)C(=O)Nc1ccc(F)c(Cl)c1. The van der Waals surface area contributed by atoms with Crippen molar-refractivity contribution in [3.8, 4) is 0 Å². The fraction of sp³-hybridized carbons (Fsp3) is 0. The molecular formula is C13H9ClFN3O3. The van der Waals surface area contributed by atoms with E-state index in [4.69, 9.17) is 16.0 Å². The standard InChI is InChI=1S/C13H9ClFN3O3/c14-10-6-8(3-4-11(10)15)17-12(19)13(20)18-16-7-9-2-1-5-21-9/h1-7H,(H,17,19)(H,18,20)/b16-7-. The molecule has 0 aliphatic heterocycles. The third kappa shape index (κ3) is 4.15. The highest BCUT2D eigenvalue weighted by molar-refractivity contribution is 6.39. The van der Waals surface area contributed by atoms with Crippen LogP contribution in [0.1, 0.15) is 5.76 Å². The number of hydrazone groups is 1. The molecule has 0 radical (unpaired) electrons. The minimum Gasteiger partial charge on any atom is -0.463 e. The van der Waals surface area contributed by atoms with Crippen molar-refractivity contribution in [2.45, 2.75) is 0 Å². The zero-order chi connectivity index (χ0) is 15.2. The van der Waals surface area contributed by atoms with Gasteiger partial charge in [0.15, 0.2) is 0 Å². The van der Waals surface area contributed by atoms with E-state index in [1.54, 1.807) is 12.1 Å². The minimum atomic E-state index is -0.988. The molecule has 2 amide bonds. The van der Waals surface area contributed by atoms with Crippen LogP contribution in [-0.2, 0) is 9.59 Å². The number of nitrogens with one attached hydrogen (secondary N) is 2. The Hall–Kier alpha value is -2.67. The summed E-state index contributed by atoms with van der Waals surface area (Å²) in [5.74, 6) is -2.16. The van der Waals surface area contributed by atoms with Crippen LogP contribution in [0.15, 0.2) is 46.1 Å². The molecule has 0 saturated carbocycles. The largest absolute Gasteiger partial charge is 0.463 e. The number of hydrogen-bond acceptors (Lipinski definition) is 4. The molecule has 0 saturated heterocycles. The van der Waals surface area contributed by atoms with E-state index < -0.39 is 17.6 Å². The molecule has 1 aromatic heterocycles. The van der Waals surface area contributed by atoms with Crippen LogP contribution >= 0.6 is 11.6 Å². The van der Waals surface area contributed by atoms with Gasteiger partial charge in [-0.25, -0.2) is 9.82 Å². The Morgan fingerprint density at radius 1 is 1.29 bits per heavy atom. The predicted octanol–water partition coefficient (Wildman–Crippen LogP) is 2.16. The molecule has 2 N–H and O–H groups in total. The Morgan fingerprint density at radius 3 is 2.76 bits per heavy atom. The molecule has 2 rings (SSSR count). The highest BCUT2D eigenvalue weighted by atomic mass is 35.5. The minimum absolute atomic E-state index is 0.163. The summed E-state index contributed by atoms with van der Waals surface area (Å²) in [7, 11) is 0. The van der Waals surface area contributed by atoms with Crippen molar-refractivity contribution in [2.75, 3.05) is 5.32 Å². The van der Waals surface area contributed by atoms with E-state index in [9.17, 15) is 14.0 Å². The molecule has 0 aliphatic rings. The van der Waals surface area contributed by atoms with Gasteiger partial charge in [-0.2, -0.15) is 5.10 Å². The first-order valence-corrected chi connectivity index (χ1v) is 6.07. The van der Waals surface area contributed by atoms with Gasteiger partial charge in [0, 0.05) is 5.69 Å². The van der Waals surface area contributed by atoms with E-state index in [0.717, 1.165) is 6.07 Å². The summed E-state index contributed by atoms with van der Waals surface area (Å²) in [6.45, 7) is 0. The highest BCUT2D eigenvalue weighted by Crippen LogP contribution is 2.19. The molecule has 1 aromatic carbocycles. The zero-order valence-electron chi connectivity index (χ0n) is 10.5. The van der Waals surface area contributed by atoms with Crippen LogP contribution < -0.4 is 10.7 Å². The Kier molecular flexibility index (Phi) is 4.68. The lowest BCUT2D eigenvalue weighted by molar-refractivity contribution is -0.136. The maximum Gasteiger partial charge on any atom is 0.329 e. The maximum absolute atomic E-state index is 12.9. The normalized spacial score (nSPS) is 10.6. The monoisotopic (exact) mass is 309 g/mol. The molecule has 0 spiro atoms. The number of carbonyl (C=O) groups is 2. The highest BCUT2D eigenvalue weighted by Gasteiger charge is 2.13. The molecule has 0 aliphatic carbocycles. The molecule has 8 heteroatoms. The Balaban J connectivity index is 1.90. The Labute approximate surface area is 123 Å². The fourth-order valence-corrected chi connectivity index (χ4v) is 1.51. The number of benzene rings is 1. The van der Waals surface area contributed by atoms with Gasteiger partial charge in [-0.05, 0) is 30.3 Å². The van der Waals surface area contributed by atoms with E-state index in [0.29, 0.717) is 5.76 Å². The Morgan fingerprint density at radius 2 is 2.10 bits per heavy atom. The van der Waals surface area contributed by atoms with Crippen LogP contribution in [0.2, 0.25) is 5.02 Å². The zero-order valence-corrected chi connectivity index (χ0v) is 11.2. The summed E-state index contributed by atoms with van der Waals surface area (Å²) in [5.41, 5.74) is 2.21. The van der Waals surface area contributed by atoms with Gasteiger partial charge in [-0.15, -0.1) is 0 Å². The lowest BCUT2D eigenvalue weighted by Crippen LogP contribution is -2.32. The molecule has 0 fully saturated rings. The summed E-state index contributed by atoms with van der Waals surface area (Å²) in [6, 6.07) is 6.81. The molecular weight excluding hydrogens is 301 g/mol. The predicted molar refractivity (Wildman–Crippen MR) is 74.5 cm³/mol. The van der Waals surface area contributed by atoms with Crippen LogP contribution in [0.25, 0.3) is 0 Å². The summed E-state index contributed by atoms with van der Waals surface area (Å²) in [4.78, 5) is 23.0. The molecule has 1 heterocycles. The molecule has 0 bridgehead atoms. The summed E-state index contributed by atoms with van der Waals surface area (Å²) in [5, 5.41) is 5.63. The van der Waals surface area contributed by atoms with Crippen LogP contribution in [-0.4, -0.2) is 18.0 Å². The number of furan rings is 1. The van der Waals surface area contributed by atoms with Gasteiger partial charge in [0.05, 0.1) is 17.5 Å². The van der Waals surface area contributed by atoms with Crippen molar-refractivity contribution in [1.29, 1.82) is 0 Å². The first-order valence-electron chi connectivity index (χ1n) is 5.69. The van der Waals surface area contributed by atoms with Gasteiger partial charge in [-0.3, -0.25) is 9.59 Å². The fourth-order valence-electron chi connectivity index (χ4n) is 1.33. The first kappa shape index (κ1) is 14.7. The number of halogens is 2. The van der Waals surface area contributed by atoms with Crippen molar-refractivity contribution in [3.63, 3.8) is 0 Å². The van der Waals surface area contributed by atoms with Crippen molar-refractivity contribution in [3.05, 3.63) is 53.2 Å². The topological polar surface area (TPSA) is 83.7 Å². The van der Waals surface area contributed by atoms with E-state index in [2.05, 4.69) is 10.4 Å². The van der Waals surface area contributed by atoms with Gasteiger partial charge in [0.1, 0.15) is 11.6 Å². The van der Waals surface area contributed by atoms with E-state index >= 15 is 0 Å². The molecule has 0 atom stereocenters. The molecule has 2 aromatic rings. The molecule has 6 nitrogen and oxygen atoms in total. The third-order valence-electron chi connectivity index (χ3n) is 2.28. The lowest BCUT2D eigenvalue weighted by atomic mass is 10.3. The van der Waals surface area contributed by atoms with Gasteiger partial charge in [0.2, 0.25) is 0 Å². The second kappa shape index (κ2) is 6.67. The van der Waals surface area contributed by atoms with Gasteiger partial charge < -0.3 is 9.73 Å². The lowest BCUT2D eigenvalue weighted by Gasteiger charge is -2.04. The number of anilines is 1. The van der Waals surface area contributed by atoms with Crippen molar-refractivity contribution < 1.29 is 18.4 Å². The number of nitrogens with zero attached hydrogens (tertiary/aromatic N) is 1. The van der Waals surface area contributed by atoms with Gasteiger partial charge in [-0.1, -0.05) is 11.6 Å². The van der Waals surface area contributed by atoms with Gasteiger partial charge >= 0.3 is 11.8 Å². The smallest absolute Gasteiger partial charge is 0.329 e. The second-order valence-electron chi connectivity index (χ2n) is 3.80. The molecule has 21 heavy (non-hydrogen) atoms. The quantitative estimate of drug-likeness (QED) is 0.518. The molecule has 108 valence electrons. The van der Waals surface area contributed by atoms with E-state index in [1.807, 2.05) is 5.43 Å². The van der Waals surface area contributed by atoms with Crippen LogP contribution in [0.4, 0.5) is 10.1 Å². The van der Waals surface area contributed by atoms with Crippen LogP contribution in [0.3, 0.4) is 0 Å². The van der Waals surface area contributed by atoms with Crippen LogP contribution in [0.5, 0.6) is 0 Å². The number of rotatable bonds is 3.